The molecular formula is C15H22ClNO3. The number of rotatable bonds is 7. The highest BCUT2D eigenvalue weighted by atomic mass is 35.5. The summed E-state index contributed by atoms with van der Waals surface area (Å²) in [4.78, 5) is 11.6. The number of methoxy groups -OCH3 is 1. The van der Waals surface area contributed by atoms with Crippen molar-refractivity contribution in [2.75, 3.05) is 13.7 Å². The van der Waals surface area contributed by atoms with E-state index < -0.39 is 0 Å². The van der Waals surface area contributed by atoms with E-state index in [0.29, 0.717) is 42.0 Å². The lowest BCUT2D eigenvalue weighted by molar-refractivity contribution is -0.121. The maximum atomic E-state index is 11.6. The van der Waals surface area contributed by atoms with Gasteiger partial charge in [0.1, 0.15) is 0 Å². The molecule has 0 saturated carbocycles. The van der Waals surface area contributed by atoms with Crippen molar-refractivity contribution in [2.45, 2.75) is 33.7 Å². The number of nitrogens with one attached hydrogen (secondary N) is 1. The first-order valence-corrected chi connectivity index (χ1v) is 7.11. The number of halogens is 1. The van der Waals surface area contributed by atoms with Crippen LogP contribution in [0.15, 0.2) is 12.1 Å². The molecule has 1 aromatic carbocycles. The van der Waals surface area contributed by atoms with Crippen molar-refractivity contribution in [1.82, 2.24) is 5.32 Å². The van der Waals surface area contributed by atoms with Gasteiger partial charge in [-0.25, -0.2) is 0 Å². The molecule has 0 aliphatic rings. The van der Waals surface area contributed by atoms with Crippen LogP contribution < -0.4 is 14.8 Å². The quantitative estimate of drug-likeness (QED) is 0.839. The van der Waals surface area contributed by atoms with E-state index in [1.807, 2.05) is 26.8 Å². The van der Waals surface area contributed by atoms with Crippen LogP contribution in [0.2, 0.25) is 5.02 Å². The molecule has 0 aliphatic heterocycles. The largest absolute Gasteiger partial charge is 0.493 e. The van der Waals surface area contributed by atoms with E-state index in [2.05, 4.69) is 5.32 Å². The predicted molar refractivity (Wildman–Crippen MR) is 80.5 cm³/mol. The minimum absolute atomic E-state index is 0.0315. The molecule has 1 aromatic rings. The number of ether oxygens (including phenoxy) is 2. The van der Waals surface area contributed by atoms with E-state index in [4.69, 9.17) is 21.1 Å². The minimum atomic E-state index is 0.0315. The van der Waals surface area contributed by atoms with Crippen LogP contribution in [0.3, 0.4) is 0 Å². The molecule has 0 aromatic heterocycles. The highest BCUT2D eigenvalue weighted by Crippen LogP contribution is 2.36. The summed E-state index contributed by atoms with van der Waals surface area (Å²) in [5.41, 5.74) is 0.882. The predicted octanol–water partition coefficient (Wildman–Crippen LogP) is 3.41. The van der Waals surface area contributed by atoms with Gasteiger partial charge in [-0.05, 0) is 30.5 Å². The first-order valence-electron chi connectivity index (χ1n) is 6.73. The zero-order valence-electron chi connectivity index (χ0n) is 12.5. The average molecular weight is 300 g/mol. The lowest BCUT2D eigenvalue weighted by Gasteiger charge is -2.14. The first-order chi connectivity index (χ1) is 9.47. The van der Waals surface area contributed by atoms with Gasteiger partial charge >= 0.3 is 0 Å². The van der Waals surface area contributed by atoms with E-state index in [1.54, 1.807) is 13.2 Å². The summed E-state index contributed by atoms with van der Waals surface area (Å²) in [5, 5.41) is 3.35. The summed E-state index contributed by atoms with van der Waals surface area (Å²) in [6.07, 6.45) is 0.516. The highest BCUT2D eigenvalue weighted by molar-refractivity contribution is 6.32. The molecule has 1 amide bonds. The van der Waals surface area contributed by atoms with Crippen molar-refractivity contribution < 1.29 is 14.3 Å². The Balaban J connectivity index is 2.77. The van der Waals surface area contributed by atoms with Crippen LogP contribution in [0.5, 0.6) is 11.5 Å². The third kappa shape index (κ3) is 4.93. The fourth-order valence-corrected chi connectivity index (χ4v) is 2.09. The van der Waals surface area contributed by atoms with Crippen molar-refractivity contribution >= 4 is 17.5 Å². The maximum Gasteiger partial charge on any atom is 0.220 e. The minimum Gasteiger partial charge on any atom is -0.493 e. The Hall–Kier alpha value is -1.42. The van der Waals surface area contributed by atoms with Crippen molar-refractivity contribution in [3.05, 3.63) is 22.7 Å². The van der Waals surface area contributed by atoms with Crippen LogP contribution in [-0.2, 0) is 11.3 Å². The van der Waals surface area contributed by atoms with Crippen LogP contribution >= 0.6 is 11.6 Å². The molecule has 0 fully saturated rings. The topological polar surface area (TPSA) is 47.6 Å². The molecule has 0 saturated heterocycles. The molecule has 1 rings (SSSR count). The van der Waals surface area contributed by atoms with Gasteiger partial charge in [-0.15, -0.1) is 0 Å². The molecule has 0 unspecified atom stereocenters. The van der Waals surface area contributed by atoms with E-state index >= 15 is 0 Å². The smallest absolute Gasteiger partial charge is 0.220 e. The van der Waals surface area contributed by atoms with Crippen molar-refractivity contribution in [3.63, 3.8) is 0 Å². The summed E-state index contributed by atoms with van der Waals surface area (Å²) in [7, 11) is 1.56. The third-order valence-electron chi connectivity index (χ3n) is 2.66. The van der Waals surface area contributed by atoms with Crippen LogP contribution in [0.4, 0.5) is 0 Å². The summed E-state index contributed by atoms with van der Waals surface area (Å²) in [6, 6.07) is 3.61. The van der Waals surface area contributed by atoms with E-state index in [-0.39, 0.29) is 5.91 Å². The van der Waals surface area contributed by atoms with Gasteiger partial charge < -0.3 is 14.8 Å². The molecule has 0 spiro atoms. The standard InChI is InChI=1S/C15H22ClNO3/c1-5-20-15-12(16)7-11(8-13(15)19-4)9-17-14(18)6-10(2)3/h7-8,10H,5-6,9H2,1-4H3,(H,17,18). The van der Waals surface area contributed by atoms with Gasteiger partial charge in [0.15, 0.2) is 11.5 Å². The fraction of sp³-hybridized carbons (Fsp3) is 0.533. The number of carbonyl (C=O) groups is 1. The normalized spacial score (nSPS) is 10.5. The molecule has 0 heterocycles. The summed E-state index contributed by atoms with van der Waals surface area (Å²) >= 11 is 6.17. The molecule has 0 radical (unpaired) electrons. The number of amides is 1. The number of hydrogen-bond donors (Lipinski definition) is 1. The maximum absolute atomic E-state index is 11.6. The molecular weight excluding hydrogens is 278 g/mol. The zero-order chi connectivity index (χ0) is 15.1. The molecule has 1 N–H and O–H groups in total. The average Bonchev–Trinajstić information content (AvgIpc) is 2.38. The van der Waals surface area contributed by atoms with Gasteiger partial charge in [0.2, 0.25) is 5.91 Å². The number of hydrogen-bond acceptors (Lipinski definition) is 3. The molecule has 20 heavy (non-hydrogen) atoms. The van der Waals surface area contributed by atoms with E-state index in [0.717, 1.165) is 5.56 Å². The second-order valence-electron chi connectivity index (χ2n) is 4.92. The Morgan fingerprint density at radius 3 is 2.65 bits per heavy atom. The Bertz CT molecular complexity index is 461. The van der Waals surface area contributed by atoms with E-state index in [9.17, 15) is 4.79 Å². The van der Waals surface area contributed by atoms with Crippen molar-refractivity contribution in [2.24, 2.45) is 5.92 Å². The van der Waals surface area contributed by atoms with Crippen LogP contribution in [0, 0.1) is 5.92 Å². The molecule has 4 nitrogen and oxygen atoms in total. The molecule has 0 bridgehead atoms. The Morgan fingerprint density at radius 1 is 1.40 bits per heavy atom. The highest BCUT2D eigenvalue weighted by Gasteiger charge is 2.12. The monoisotopic (exact) mass is 299 g/mol. The van der Waals surface area contributed by atoms with E-state index in [1.165, 1.54) is 0 Å². The zero-order valence-corrected chi connectivity index (χ0v) is 13.2. The van der Waals surface area contributed by atoms with Gasteiger partial charge in [0.25, 0.3) is 0 Å². The van der Waals surface area contributed by atoms with Gasteiger partial charge in [-0.2, -0.15) is 0 Å². The van der Waals surface area contributed by atoms with Crippen molar-refractivity contribution in [1.29, 1.82) is 0 Å². The van der Waals surface area contributed by atoms with Gasteiger partial charge in [-0.1, -0.05) is 25.4 Å². The Labute approximate surface area is 125 Å². The van der Waals surface area contributed by atoms with Crippen LogP contribution in [-0.4, -0.2) is 19.6 Å². The lowest BCUT2D eigenvalue weighted by Crippen LogP contribution is -2.23. The molecule has 0 aliphatic carbocycles. The second-order valence-corrected chi connectivity index (χ2v) is 5.32. The van der Waals surface area contributed by atoms with Gasteiger partial charge in [-0.3, -0.25) is 4.79 Å². The summed E-state index contributed by atoms with van der Waals surface area (Å²) in [6.45, 7) is 6.84. The fourth-order valence-electron chi connectivity index (χ4n) is 1.80. The number of carbonyl (C=O) groups excluding carboxylic acids is 1. The summed E-state index contributed by atoms with van der Waals surface area (Å²) < 4.78 is 10.7. The van der Waals surface area contributed by atoms with Crippen LogP contribution in [0.1, 0.15) is 32.8 Å². The van der Waals surface area contributed by atoms with Crippen molar-refractivity contribution in [3.8, 4) is 11.5 Å². The Kier molecular flexibility index (Phi) is 6.65. The van der Waals surface area contributed by atoms with Gasteiger partial charge in [0, 0.05) is 13.0 Å². The molecule has 0 atom stereocenters. The molecule has 112 valence electrons. The SMILES string of the molecule is CCOc1c(Cl)cc(CNC(=O)CC(C)C)cc1OC. The lowest BCUT2D eigenvalue weighted by atomic mass is 10.1. The summed E-state index contributed by atoms with van der Waals surface area (Å²) in [5.74, 6) is 1.49. The first kappa shape index (κ1) is 16.6. The number of benzene rings is 1. The van der Waals surface area contributed by atoms with Gasteiger partial charge in [0.05, 0.1) is 18.7 Å². The Morgan fingerprint density at radius 2 is 2.10 bits per heavy atom. The van der Waals surface area contributed by atoms with Crippen LogP contribution in [0.25, 0.3) is 0 Å². The third-order valence-corrected chi connectivity index (χ3v) is 2.94. The molecule has 5 heteroatoms. The second kappa shape index (κ2) is 8.00.